The van der Waals surface area contributed by atoms with Crippen LogP contribution < -0.4 is 5.73 Å². The Hall–Kier alpha value is -1.62. The molecular weight excluding hydrogens is 262 g/mol. The monoisotopic (exact) mass is 277 g/mol. The number of nitrogens with two attached hydrogens (primary N) is 1. The molecule has 2 N–H and O–H groups in total. The van der Waals surface area contributed by atoms with Crippen molar-refractivity contribution >= 4 is 17.3 Å². The molecule has 0 bridgehead atoms. The van der Waals surface area contributed by atoms with E-state index < -0.39 is 0 Å². The fraction of sp³-hybridized carbons (Fsp3) is 0.462. The van der Waals surface area contributed by atoms with Crippen LogP contribution in [0.15, 0.2) is 18.2 Å². The summed E-state index contributed by atoms with van der Waals surface area (Å²) in [6, 6.07) is 5.89. The van der Waals surface area contributed by atoms with Crippen molar-refractivity contribution in [2.24, 2.45) is 5.92 Å². The molecular formula is C13H16ClN5. The van der Waals surface area contributed by atoms with Crippen LogP contribution in [0, 0.1) is 5.92 Å². The minimum atomic E-state index is 0.350. The Morgan fingerprint density at radius 1 is 1.37 bits per heavy atom. The first-order chi connectivity index (χ1) is 9.18. The summed E-state index contributed by atoms with van der Waals surface area (Å²) in [5.74, 6) is 1.29. The van der Waals surface area contributed by atoms with Gasteiger partial charge in [-0.3, -0.25) is 0 Å². The lowest BCUT2D eigenvalue weighted by Crippen LogP contribution is -2.15. The number of hydrogen-bond donors (Lipinski definition) is 1. The lowest BCUT2D eigenvalue weighted by atomic mass is 10.1. The van der Waals surface area contributed by atoms with Crippen molar-refractivity contribution in [3.8, 4) is 11.4 Å². The Labute approximate surface area is 116 Å². The van der Waals surface area contributed by atoms with Crippen molar-refractivity contribution < 1.29 is 0 Å². The molecule has 1 aromatic heterocycles. The molecule has 1 aliphatic rings. The number of hydrogen-bond acceptors (Lipinski definition) is 4. The fourth-order valence-electron chi connectivity index (χ4n) is 2.82. The second-order valence-corrected chi connectivity index (χ2v) is 5.53. The van der Waals surface area contributed by atoms with E-state index in [1.165, 1.54) is 12.8 Å². The van der Waals surface area contributed by atoms with Crippen molar-refractivity contribution in [3.63, 3.8) is 0 Å². The van der Waals surface area contributed by atoms with Crippen LogP contribution in [0.1, 0.15) is 32.2 Å². The van der Waals surface area contributed by atoms with Gasteiger partial charge in [-0.2, -0.15) is 0 Å². The SMILES string of the molecule is CC1CCCC1n1nnnc1-c1cccc(Cl)c1N. The molecule has 2 atom stereocenters. The lowest BCUT2D eigenvalue weighted by molar-refractivity contribution is 0.370. The zero-order chi connectivity index (χ0) is 13.4. The number of halogens is 1. The van der Waals surface area contributed by atoms with Crippen LogP contribution in [0.4, 0.5) is 5.69 Å². The summed E-state index contributed by atoms with van der Waals surface area (Å²) in [6.07, 6.45) is 3.55. The quantitative estimate of drug-likeness (QED) is 0.857. The second-order valence-electron chi connectivity index (χ2n) is 5.12. The minimum absolute atomic E-state index is 0.350. The van der Waals surface area contributed by atoms with Gasteiger partial charge in [-0.1, -0.05) is 31.0 Å². The number of tetrazole rings is 1. The molecule has 0 spiro atoms. The number of nitrogen functional groups attached to an aromatic ring is 1. The molecule has 0 radical (unpaired) electrons. The van der Waals surface area contributed by atoms with Crippen molar-refractivity contribution in [1.82, 2.24) is 20.2 Å². The molecule has 1 saturated carbocycles. The number of aromatic nitrogens is 4. The van der Waals surface area contributed by atoms with Crippen LogP contribution in [0.3, 0.4) is 0 Å². The first-order valence-corrected chi connectivity index (χ1v) is 6.88. The smallest absolute Gasteiger partial charge is 0.184 e. The standard InChI is InChI=1S/C13H16ClN5/c1-8-4-2-7-11(8)19-13(16-17-18-19)9-5-3-6-10(14)12(9)15/h3,5-6,8,11H,2,4,7,15H2,1H3. The van der Waals surface area contributed by atoms with Crippen molar-refractivity contribution in [1.29, 1.82) is 0 Å². The van der Waals surface area contributed by atoms with Gasteiger partial charge in [0, 0.05) is 5.56 Å². The molecule has 1 aliphatic carbocycles. The van der Waals surface area contributed by atoms with Crippen LogP contribution in [-0.2, 0) is 0 Å². The van der Waals surface area contributed by atoms with E-state index in [1.54, 1.807) is 6.07 Å². The van der Waals surface area contributed by atoms with Crippen molar-refractivity contribution in [2.75, 3.05) is 5.73 Å². The fourth-order valence-corrected chi connectivity index (χ4v) is 2.99. The third-order valence-electron chi connectivity index (χ3n) is 3.92. The Kier molecular flexibility index (Phi) is 3.14. The number of nitrogens with zero attached hydrogens (tertiary/aromatic N) is 4. The van der Waals surface area contributed by atoms with Crippen LogP contribution in [-0.4, -0.2) is 20.2 Å². The van der Waals surface area contributed by atoms with Crippen LogP contribution >= 0.6 is 11.6 Å². The molecule has 6 heteroatoms. The van der Waals surface area contributed by atoms with Crippen LogP contribution in [0.25, 0.3) is 11.4 Å². The largest absolute Gasteiger partial charge is 0.397 e. The summed E-state index contributed by atoms with van der Waals surface area (Å²) in [5.41, 5.74) is 7.37. The van der Waals surface area contributed by atoms with E-state index >= 15 is 0 Å². The van der Waals surface area contributed by atoms with Gasteiger partial charge in [0.2, 0.25) is 0 Å². The number of para-hydroxylation sites is 1. The van der Waals surface area contributed by atoms with Crippen molar-refractivity contribution in [3.05, 3.63) is 23.2 Å². The summed E-state index contributed by atoms with van der Waals surface area (Å²) >= 11 is 6.07. The van der Waals surface area contributed by atoms with Crippen LogP contribution in [0.5, 0.6) is 0 Å². The Morgan fingerprint density at radius 2 is 2.21 bits per heavy atom. The van der Waals surface area contributed by atoms with E-state index in [2.05, 4.69) is 22.4 Å². The number of anilines is 1. The van der Waals surface area contributed by atoms with Gasteiger partial charge >= 0.3 is 0 Å². The Bertz CT molecular complexity index is 594. The first kappa shape index (κ1) is 12.4. The molecule has 100 valence electrons. The first-order valence-electron chi connectivity index (χ1n) is 6.50. The second kappa shape index (κ2) is 4.81. The van der Waals surface area contributed by atoms with E-state index in [1.807, 2.05) is 16.8 Å². The molecule has 0 amide bonds. The molecule has 2 unspecified atom stereocenters. The zero-order valence-electron chi connectivity index (χ0n) is 10.8. The molecule has 19 heavy (non-hydrogen) atoms. The van der Waals surface area contributed by atoms with E-state index in [4.69, 9.17) is 17.3 Å². The summed E-state index contributed by atoms with van der Waals surface area (Å²) < 4.78 is 1.90. The van der Waals surface area contributed by atoms with Gasteiger partial charge in [0.15, 0.2) is 5.82 Å². The van der Waals surface area contributed by atoms with Gasteiger partial charge in [-0.15, -0.1) is 5.10 Å². The third kappa shape index (κ3) is 2.08. The summed E-state index contributed by atoms with van der Waals surface area (Å²) in [4.78, 5) is 0. The van der Waals surface area contributed by atoms with Gasteiger partial charge in [-0.25, -0.2) is 4.68 Å². The maximum absolute atomic E-state index is 6.07. The van der Waals surface area contributed by atoms with Gasteiger partial charge in [0.25, 0.3) is 0 Å². The zero-order valence-corrected chi connectivity index (χ0v) is 11.5. The molecule has 0 saturated heterocycles. The summed E-state index contributed by atoms with van der Waals surface area (Å²) in [6.45, 7) is 2.24. The van der Waals surface area contributed by atoms with E-state index in [0.717, 1.165) is 12.0 Å². The van der Waals surface area contributed by atoms with E-state index in [-0.39, 0.29) is 0 Å². The van der Waals surface area contributed by atoms with Gasteiger partial charge in [-0.05, 0) is 41.3 Å². The number of rotatable bonds is 2. The highest BCUT2D eigenvalue weighted by molar-refractivity contribution is 6.33. The van der Waals surface area contributed by atoms with E-state index in [0.29, 0.717) is 28.5 Å². The van der Waals surface area contributed by atoms with Gasteiger partial charge < -0.3 is 5.73 Å². The molecule has 0 aliphatic heterocycles. The minimum Gasteiger partial charge on any atom is -0.397 e. The predicted molar refractivity (Wildman–Crippen MR) is 74.7 cm³/mol. The lowest BCUT2D eigenvalue weighted by Gasteiger charge is -2.17. The highest BCUT2D eigenvalue weighted by Crippen LogP contribution is 2.38. The predicted octanol–water partition coefficient (Wildman–Crippen LogP) is 2.94. The average molecular weight is 278 g/mol. The number of benzene rings is 1. The topological polar surface area (TPSA) is 69.6 Å². The molecule has 1 aromatic carbocycles. The maximum Gasteiger partial charge on any atom is 0.184 e. The summed E-state index contributed by atoms with van der Waals surface area (Å²) in [7, 11) is 0. The highest BCUT2D eigenvalue weighted by Gasteiger charge is 2.29. The average Bonchev–Trinajstić information content (AvgIpc) is 3.01. The van der Waals surface area contributed by atoms with Gasteiger partial charge in [0.05, 0.1) is 16.8 Å². The Balaban J connectivity index is 2.07. The Morgan fingerprint density at radius 3 is 2.95 bits per heavy atom. The van der Waals surface area contributed by atoms with Gasteiger partial charge in [0.1, 0.15) is 0 Å². The normalized spacial score (nSPS) is 22.8. The molecule has 2 aromatic rings. The molecule has 5 nitrogen and oxygen atoms in total. The molecule has 1 heterocycles. The third-order valence-corrected chi connectivity index (χ3v) is 4.25. The highest BCUT2D eigenvalue weighted by atomic mass is 35.5. The van der Waals surface area contributed by atoms with E-state index in [9.17, 15) is 0 Å². The maximum atomic E-state index is 6.07. The van der Waals surface area contributed by atoms with Crippen molar-refractivity contribution in [2.45, 2.75) is 32.2 Å². The molecule has 3 rings (SSSR count). The van der Waals surface area contributed by atoms with Crippen LogP contribution in [0.2, 0.25) is 5.02 Å². The summed E-state index contributed by atoms with van der Waals surface area (Å²) in [5, 5.41) is 12.6. The molecule has 1 fully saturated rings.